The van der Waals surface area contributed by atoms with Crippen LogP contribution in [0, 0.1) is 13.8 Å². The molecular formula is C16H21N5S. The first kappa shape index (κ1) is 15.1. The summed E-state index contributed by atoms with van der Waals surface area (Å²) in [5, 5.41) is 14.3. The molecule has 3 rings (SSSR count). The van der Waals surface area contributed by atoms with Crippen LogP contribution in [0.2, 0.25) is 0 Å². The number of benzene rings is 1. The summed E-state index contributed by atoms with van der Waals surface area (Å²) >= 11 is 1.59. The van der Waals surface area contributed by atoms with E-state index in [1.165, 1.54) is 11.1 Å². The van der Waals surface area contributed by atoms with Gasteiger partial charge in [0.15, 0.2) is 5.82 Å². The zero-order valence-electron chi connectivity index (χ0n) is 13.5. The molecule has 0 radical (unpaired) electrons. The van der Waals surface area contributed by atoms with Crippen LogP contribution >= 0.6 is 11.3 Å². The van der Waals surface area contributed by atoms with E-state index < -0.39 is 0 Å². The van der Waals surface area contributed by atoms with Crippen LogP contribution in [-0.4, -0.2) is 37.8 Å². The molecule has 0 atom stereocenters. The molecule has 5 nitrogen and oxygen atoms in total. The molecule has 0 spiro atoms. The highest BCUT2D eigenvalue weighted by Crippen LogP contribution is 2.27. The van der Waals surface area contributed by atoms with Crippen molar-refractivity contribution in [1.82, 2.24) is 24.7 Å². The Hall–Kier alpha value is -1.79. The Bertz CT molecular complexity index is 785. The van der Waals surface area contributed by atoms with Crippen molar-refractivity contribution in [2.45, 2.75) is 34.2 Å². The first-order chi connectivity index (χ1) is 10.6. The zero-order chi connectivity index (χ0) is 15.7. The lowest BCUT2D eigenvalue weighted by Crippen LogP contribution is -2.23. The standard InChI is InChI=1S/C16H21N5S/c1-5-20(6-2)10-14-17-18-16-21(14)19-15(22-16)13-8-7-11(3)12(4)9-13/h7-9H,5-6,10H2,1-4H3. The maximum atomic E-state index is 4.72. The van der Waals surface area contributed by atoms with E-state index in [0.717, 1.165) is 41.0 Å². The first-order valence-electron chi connectivity index (χ1n) is 7.63. The van der Waals surface area contributed by atoms with Crippen LogP contribution in [0.1, 0.15) is 30.8 Å². The van der Waals surface area contributed by atoms with E-state index >= 15 is 0 Å². The molecule has 22 heavy (non-hydrogen) atoms. The van der Waals surface area contributed by atoms with E-state index in [1.54, 1.807) is 11.3 Å². The predicted molar refractivity (Wildman–Crippen MR) is 90.2 cm³/mol. The lowest BCUT2D eigenvalue weighted by Gasteiger charge is -2.15. The zero-order valence-corrected chi connectivity index (χ0v) is 14.3. The molecule has 0 fully saturated rings. The second-order valence-corrected chi connectivity index (χ2v) is 6.43. The van der Waals surface area contributed by atoms with Gasteiger partial charge in [0.1, 0.15) is 5.01 Å². The van der Waals surface area contributed by atoms with E-state index in [2.05, 4.69) is 61.0 Å². The minimum Gasteiger partial charge on any atom is -0.296 e. The van der Waals surface area contributed by atoms with E-state index in [-0.39, 0.29) is 0 Å². The van der Waals surface area contributed by atoms with Gasteiger partial charge in [-0.3, -0.25) is 4.90 Å². The number of aryl methyl sites for hydroxylation is 2. The third-order valence-corrected chi connectivity index (χ3v) is 5.02. The van der Waals surface area contributed by atoms with Gasteiger partial charge in [0.05, 0.1) is 6.54 Å². The minimum atomic E-state index is 0.782. The van der Waals surface area contributed by atoms with E-state index in [9.17, 15) is 0 Å². The Kier molecular flexibility index (Phi) is 4.22. The van der Waals surface area contributed by atoms with Crippen molar-refractivity contribution in [3.8, 4) is 10.6 Å². The summed E-state index contributed by atoms with van der Waals surface area (Å²) in [4.78, 5) is 3.17. The Morgan fingerprint density at radius 2 is 1.86 bits per heavy atom. The average Bonchev–Trinajstić information content (AvgIpc) is 3.09. The maximum Gasteiger partial charge on any atom is 0.235 e. The highest BCUT2D eigenvalue weighted by molar-refractivity contribution is 7.19. The van der Waals surface area contributed by atoms with Crippen molar-refractivity contribution in [1.29, 1.82) is 0 Å². The first-order valence-corrected chi connectivity index (χ1v) is 8.45. The molecular weight excluding hydrogens is 294 g/mol. The van der Waals surface area contributed by atoms with Gasteiger partial charge in [-0.1, -0.05) is 37.3 Å². The molecule has 2 aromatic heterocycles. The van der Waals surface area contributed by atoms with Crippen LogP contribution in [0.15, 0.2) is 18.2 Å². The lowest BCUT2D eigenvalue weighted by molar-refractivity contribution is 0.286. The van der Waals surface area contributed by atoms with Crippen LogP contribution in [0.4, 0.5) is 0 Å². The molecule has 1 aromatic carbocycles. The SMILES string of the molecule is CCN(CC)Cc1nnc2sc(-c3ccc(C)c(C)c3)nn12. The van der Waals surface area contributed by atoms with E-state index in [1.807, 2.05) is 4.52 Å². The predicted octanol–water partition coefficient (Wildman–Crippen LogP) is 3.31. The fraction of sp³-hybridized carbons (Fsp3) is 0.438. The van der Waals surface area contributed by atoms with Crippen molar-refractivity contribution in [2.24, 2.45) is 0 Å². The van der Waals surface area contributed by atoms with Crippen LogP contribution in [0.3, 0.4) is 0 Å². The summed E-state index contributed by atoms with van der Waals surface area (Å²) < 4.78 is 1.88. The molecule has 116 valence electrons. The molecule has 2 heterocycles. The van der Waals surface area contributed by atoms with E-state index in [0.29, 0.717) is 0 Å². The summed E-state index contributed by atoms with van der Waals surface area (Å²) in [7, 11) is 0. The summed E-state index contributed by atoms with van der Waals surface area (Å²) in [5.41, 5.74) is 3.73. The molecule has 0 saturated carbocycles. The van der Waals surface area contributed by atoms with Gasteiger partial charge in [0.2, 0.25) is 4.96 Å². The lowest BCUT2D eigenvalue weighted by atomic mass is 10.1. The Balaban J connectivity index is 1.96. The van der Waals surface area contributed by atoms with Gasteiger partial charge >= 0.3 is 0 Å². The number of aromatic nitrogens is 4. The third-order valence-electron chi connectivity index (χ3n) is 4.07. The molecule has 0 unspecified atom stereocenters. The van der Waals surface area contributed by atoms with Crippen molar-refractivity contribution >= 4 is 16.3 Å². The third kappa shape index (κ3) is 2.76. The van der Waals surface area contributed by atoms with Gasteiger partial charge < -0.3 is 0 Å². The molecule has 0 N–H and O–H groups in total. The van der Waals surface area contributed by atoms with Crippen LogP contribution in [0.25, 0.3) is 15.5 Å². The smallest absolute Gasteiger partial charge is 0.235 e. The van der Waals surface area contributed by atoms with Gasteiger partial charge in [-0.15, -0.1) is 10.2 Å². The normalized spacial score (nSPS) is 11.7. The largest absolute Gasteiger partial charge is 0.296 e. The van der Waals surface area contributed by atoms with Gasteiger partial charge in [0, 0.05) is 5.56 Å². The number of nitrogens with zero attached hydrogens (tertiary/aromatic N) is 5. The Morgan fingerprint density at radius 1 is 1.09 bits per heavy atom. The van der Waals surface area contributed by atoms with Crippen molar-refractivity contribution in [3.63, 3.8) is 0 Å². The molecule has 3 aromatic rings. The summed E-state index contributed by atoms with van der Waals surface area (Å²) in [5.74, 6) is 0.907. The van der Waals surface area contributed by atoms with Crippen LogP contribution in [-0.2, 0) is 6.54 Å². The van der Waals surface area contributed by atoms with Gasteiger partial charge in [-0.05, 0) is 44.1 Å². The Labute approximate surface area is 134 Å². The molecule has 0 aliphatic rings. The fourth-order valence-electron chi connectivity index (χ4n) is 2.39. The van der Waals surface area contributed by atoms with Gasteiger partial charge in [-0.2, -0.15) is 9.61 Å². The monoisotopic (exact) mass is 315 g/mol. The molecule has 0 amide bonds. The van der Waals surface area contributed by atoms with Crippen LogP contribution in [0.5, 0.6) is 0 Å². The summed E-state index contributed by atoms with van der Waals surface area (Å²) in [6.45, 7) is 11.3. The number of hydrogen-bond acceptors (Lipinski definition) is 5. The van der Waals surface area contributed by atoms with Crippen molar-refractivity contribution < 1.29 is 0 Å². The topological polar surface area (TPSA) is 46.3 Å². The quantitative estimate of drug-likeness (QED) is 0.724. The second kappa shape index (κ2) is 6.14. The minimum absolute atomic E-state index is 0.782. The van der Waals surface area contributed by atoms with Gasteiger partial charge in [-0.25, -0.2) is 0 Å². The highest BCUT2D eigenvalue weighted by Gasteiger charge is 2.14. The number of rotatable bonds is 5. The summed E-state index contributed by atoms with van der Waals surface area (Å²) in [6.07, 6.45) is 0. The maximum absolute atomic E-state index is 4.72. The Morgan fingerprint density at radius 3 is 2.55 bits per heavy atom. The summed E-state index contributed by atoms with van der Waals surface area (Å²) in [6, 6.07) is 6.45. The highest BCUT2D eigenvalue weighted by atomic mass is 32.1. The van der Waals surface area contributed by atoms with Crippen LogP contribution < -0.4 is 0 Å². The number of hydrogen-bond donors (Lipinski definition) is 0. The van der Waals surface area contributed by atoms with Crippen molar-refractivity contribution in [3.05, 3.63) is 35.2 Å². The molecule has 0 bridgehead atoms. The molecule has 0 aliphatic carbocycles. The molecule has 0 saturated heterocycles. The van der Waals surface area contributed by atoms with Crippen molar-refractivity contribution in [2.75, 3.05) is 13.1 Å². The van der Waals surface area contributed by atoms with E-state index in [4.69, 9.17) is 5.10 Å². The molecule has 0 aliphatic heterocycles. The van der Waals surface area contributed by atoms with Gasteiger partial charge in [0.25, 0.3) is 0 Å². The average molecular weight is 315 g/mol. The second-order valence-electron chi connectivity index (χ2n) is 5.48. The molecule has 6 heteroatoms. The fourth-order valence-corrected chi connectivity index (χ4v) is 3.25. The number of fused-ring (bicyclic) bond motifs is 1.